The number of amides is 2. The smallest absolute Gasteiger partial charge is 0.315 e. The first-order valence-corrected chi connectivity index (χ1v) is 7.27. The molecule has 1 fully saturated rings. The molecule has 3 N–H and O–H groups in total. The fourth-order valence-corrected chi connectivity index (χ4v) is 2.88. The van der Waals surface area contributed by atoms with Crippen LogP contribution >= 0.6 is 0 Å². The van der Waals surface area contributed by atoms with E-state index < -0.39 is 5.97 Å². The fraction of sp³-hybridized carbons (Fsp3) is 0.857. The van der Waals surface area contributed by atoms with Gasteiger partial charge in [0.15, 0.2) is 0 Å². The molecule has 1 saturated carbocycles. The Balaban J connectivity index is 2.34. The van der Waals surface area contributed by atoms with Gasteiger partial charge in [-0.2, -0.15) is 0 Å². The molecule has 0 aromatic carbocycles. The van der Waals surface area contributed by atoms with Crippen LogP contribution < -0.4 is 10.6 Å². The molecule has 0 aromatic heterocycles. The van der Waals surface area contributed by atoms with Crippen molar-refractivity contribution in [2.24, 2.45) is 11.8 Å². The van der Waals surface area contributed by atoms with Crippen LogP contribution in [-0.4, -0.2) is 29.2 Å². The van der Waals surface area contributed by atoms with E-state index in [1.54, 1.807) is 0 Å². The summed E-state index contributed by atoms with van der Waals surface area (Å²) in [4.78, 5) is 22.7. The van der Waals surface area contributed by atoms with Crippen LogP contribution in [0.1, 0.15) is 52.9 Å². The average molecular weight is 270 g/mol. The number of carboxylic acids is 1. The van der Waals surface area contributed by atoms with Gasteiger partial charge in [-0.25, -0.2) is 4.79 Å². The Morgan fingerprint density at radius 3 is 2.37 bits per heavy atom. The summed E-state index contributed by atoms with van der Waals surface area (Å²) in [7, 11) is 0. The van der Waals surface area contributed by atoms with Gasteiger partial charge in [-0.15, -0.1) is 0 Å². The molecule has 2 amide bonds. The Hall–Kier alpha value is -1.26. The maximum Gasteiger partial charge on any atom is 0.315 e. The van der Waals surface area contributed by atoms with Crippen molar-refractivity contribution in [3.8, 4) is 0 Å². The normalized spacial score (nSPS) is 24.2. The molecule has 0 saturated heterocycles. The van der Waals surface area contributed by atoms with Crippen LogP contribution in [0.4, 0.5) is 4.79 Å². The molecular formula is C14H26N2O3. The highest BCUT2D eigenvalue weighted by Gasteiger charge is 2.30. The molecule has 0 spiro atoms. The summed E-state index contributed by atoms with van der Waals surface area (Å²) in [5.74, 6) is -0.571. The van der Waals surface area contributed by atoms with E-state index in [1.807, 2.05) is 6.92 Å². The van der Waals surface area contributed by atoms with Crippen molar-refractivity contribution in [2.45, 2.75) is 65.0 Å². The van der Waals surface area contributed by atoms with E-state index in [-0.39, 0.29) is 24.0 Å². The van der Waals surface area contributed by atoms with Crippen molar-refractivity contribution in [3.63, 3.8) is 0 Å². The molecule has 0 bridgehead atoms. The standard InChI is InChI=1S/C14H26N2O3/c1-4-10(5-2)9(3)15-14(19)16-12-7-6-11(8-12)13(17)18/h9-12H,4-8H2,1-3H3,(H,17,18)(H2,15,16,19). The second kappa shape index (κ2) is 7.36. The predicted molar refractivity (Wildman–Crippen MR) is 74.0 cm³/mol. The average Bonchev–Trinajstić information content (AvgIpc) is 2.78. The number of nitrogens with one attached hydrogen (secondary N) is 2. The van der Waals surface area contributed by atoms with Gasteiger partial charge in [-0.3, -0.25) is 4.79 Å². The Bertz CT molecular complexity index is 316. The molecule has 0 aromatic rings. The van der Waals surface area contributed by atoms with Crippen molar-refractivity contribution >= 4 is 12.0 Å². The summed E-state index contributed by atoms with van der Waals surface area (Å²) in [6, 6.07) is -0.0304. The number of aliphatic carboxylic acids is 1. The molecule has 3 atom stereocenters. The molecule has 1 aliphatic rings. The van der Waals surface area contributed by atoms with E-state index in [0.717, 1.165) is 19.3 Å². The van der Waals surface area contributed by atoms with Crippen LogP contribution in [0.15, 0.2) is 0 Å². The zero-order valence-corrected chi connectivity index (χ0v) is 12.1. The molecule has 0 radical (unpaired) electrons. The van der Waals surface area contributed by atoms with E-state index in [1.165, 1.54) is 0 Å². The third kappa shape index (κ3) is 4.73. The third-order valence-corrected chi connectivity index (χ3v) is 4.23. The van der Waals surface area contributed by atoms with Crippen LogP contribution in [0, 0.1) is 11.8 Å². The second-order valence-corrected chi connectivity index (χ2v) is 5.53. The van der Waals surface area contributed by atoms with Crippen LogP contribution in [0.25, 0.3) is 0 Å². The van der Waals surface area contributed by atoms with E-state index >= 15 is 0 Å². The monoisotopic (exact) mass is 270 g/mol. The Labute approximate surface area is 115 Å². The van der Waals surface area contributed by atoms with Crippen molar-refractivity contribution in [1.29, 1.82) is 0 Å². The van der Waals surface area contributed by atoms with E-state index in [4.69, 9.17) is 5.11 Å². The molecule has 0 aliphatic heterocycles. The van der Waals surface area contributed by atoms with Crippen LogP contribution in [0.5, 0.6) is 0 Å². The number of hydrogen-bond donors (Lipinski definition) is 3. The lowest BCUT2D eigenvalue weighted by atomic mass is 9.96. The molecule has 0 heterocycles. The lowest BCUT2D eigenvalue weighted by Crippen LogP contribution is -2.47. The minimum Gasteiger partial charge on any atom is -0.481 e. The number of urea groups is 1. The number of carboxylic acid groups (broad SMARTS) is 1. The maximum absolute atomic E-state index is 11.9. The highest BCUT2D eigenvalue weighted by molar-refractivity contribution is 5.75. The van der Waals surface area contributed by atoms with Gasteiger partial charge in [-0.1, -0.05) is 26.7 Å². The van der Waals surface area contributed by atoms with E-state index in [0.29, 0.717) is 18.8 Å². The highest BCUT2D eigenvalue weighted by Crippen LogP contribution is 2.25. The molecule has 19 heavy (non-hydrogen) atoms. The predicted octanol–water partition coefficient (Wildman–Crippen LogP) is 2.36. The van der Waals surface area contributed by atoms with Gasteiger partial charge in [0, 0.05) is 12.1 Å². The van der Waals surface area contributed by atoms with E-state index in [9.17, 15) is 9.59 Å². The molecule has 1 rings (SSSR count). The highest BCUT2D eigenvalue weighted by atomic mass is 16.4. The van der Waals surface area contributed by atoms with Gasteiger partial charge >= 0.3 is 12.0 Å². The van der Waals surface area contributed by atoms with Gasteiger partial charge in [-0.05, 0) is 32.1 Å². The summed E-state index contributed by atoms with van der Waals surface area (Å²) in [6.45, 7) is 6.27. The number of carbonyl (C=O) groups excluding carboxylic acids is 1. The van der Waals surface area contributed by atoms with Crippen LogP contribution in [0.2, 0.25) is 0 Å². The number of carbonyl (C=O) groups is 2. The van der Waals surface area contributed by atoms with Gasteiger partial charge in [0.2, 0.25) is 0 Å². The molecule has 110 valence electrons. The lowest BCUT2D eigenvalue weighted by molar-refractivity contribution is -0.141. The van der Waals surface area contributed by atoms with Crippen LogP contribution in [0.3, 0.4) is 0 Å². The summed E-state index contributed by atoms with van der Waals surface area (Å²) in [5.41, 5.74) is 0. The molecular weight excluding hydrogens is 244 g/mol. The second-order valence-electron chi connectivity index (χ2n) is 5.53. The fourth-order valence-electron chi connectivity index (χ4n) is 2.88. The van der Waals surface area contributed by atoms with Crippen molar-refractivity contribution in [2.75, 3.05) is 0 Å². The first-order chi connectivity index (χ1) is 8.97. The van der Waals surface area contributed by atoms with Crippen molar-refractivity contribution < 1.29 is 14.7 Å². The first-order valence-electron chi connectivity index (χ1n) is 7.27. The minimum absolute atomic E-state index is 0.00463. The lowest BCUT2D eigenvalue weighted by Gasteiger charge is -2.23. The minimum atomic E-state index is -0.755. The van der Waals surface area contributed by atoms with Crippen molar-refractivity contribution in [1.82, 2.24) is 10.6 Å². The summed E-state index contributed by atoms with van der Waals surface area (Å²) < 4.78 is 0. The number of rotatable bonds is 6. The van der Waals surface area contributed by atoms with Gasteiger partial charge < -0.3 is 15.7 Å². The third-order valence-electron chi connectivity index (χ3n) is 4.23. The summed E-state index contributed by atoms with van der Waals surface area (Å²) in [5, 5.41) is 14.8. The van der Waals surface area contributed by atoms with Gasteiger partial charge in [0.05, 0.1) is 5.92 Å². The maximum atomic E-state index is 11.9. The summed E-state index contributed by atoms with van der Waals surface area (Å²) >= 11 is 0. The van der Waals surface area contributed by atoms with Gasteiger partial charge in [0.25, 0.3) is 0 Å². The largest absolute Gasteiger partial charge is 0.481 e. The molecule has 1 aliphatic carbocycles. The molecule has 5 heteroatoms. The Morgan fingerprint density at radius 2 is 1.89 bits per heavy atom. The van der Waals surface area contributed by atoms with E-state index in [2.05, 4.69) is 24.5 Å². The zero-order chi connectivity index (χ0) is 14.4. The van der Waals surface area contributed by atoms with Gasteiger partial charge in [0.1, 0.15) is 0 Å². The quantitative estimate of drug-likeness (QED) is 0.693. The molecule has 5 nitrogen and oxygen atoms in total. The Kier molecular flexibility index (Phi) is 6.12. The Morgan fingerprint density at radius 1 is 1.26 bits per heavy atom. The first kappa shape index (κ1) is 15.8. The zero-order valence-electron chi connectivity index (χ0n) is 12.1. The van der Waals surface area contributed by atoms with Crippen LogP contribution in [-0.2, 0) is 4.79 Å². The SMILES string of the molecule is CCC(CC)C(C)NC(=O)NC1CCC(C(=O)O)C1. The topological polar surface area (TPSA) is 78.4 Å². The summed E-state index contributed by atoms with van der Waals surface area (Å²) in [6.07, 6.45) is 4.04. The number of hydrogen-bond acceptors (Lipinski definition) is 2. The molecule has 3 unspecified atom stereocenters. The van der Waals surface area contributed by atoms with Crippen molar-refractivity contribution in [3.05, 3.63) is 0 Å².